The number of halogens is 1. The molecule has 1 aliphatic heterocycles. The molecule has 1 saturated heterocycles. The van der Waals surface area contributed by atoms with Crippen molar-refractivity contribution in [1.82, 2.24) is 15.2 Å². The number of carbonyl (C=O) groups is 1. The molecule has 122 valence electrons. The number of nitrogens with one attached hydrogen (secondary N) is 1. The molecule has 22 heavy (non-hydrogen) atoms. The molecule has 0 aliphatic carbocycles. The lowest BCUT2D eigenvalue weighted by atomic mass is 10.3. The van der Waals surface area contributed by atoms with Crippen LogP contribution >= 0.6 is 12.4 Å². The summed E-state index contributed by atoms with van der Waals surface area (Å²) in [7, 11) is 2.05. The van der Waals surface area contributed by atoms with Gasteiger partial charge in [0.2, 0.25) is 0 Å². The minimum Gasteiger partial charge on any atom is -0.400 e. The van der Waals surface area contributed by atoms with Crippen molar-refractivity contribution in [3.63, 3.8) is 0 Å². The molecule has 1 aliphatic rings. The first-order valence-corrected chi connectivity index (χ1v) is 6.51. The largest absolute Gasteiger partial charge is 0.433 e. The van der Waals surface area contributed by atoms with Gasteiger partial charge in [0.25, 0.3) is 5.91 Å². The molecule has 0 bridgehead atoms. The normalized spacial score (nSPS) is 16.4. The third-order valence-corrected chi connectivity index (χ3v) is 3.14. The number of amides is 1. The molecule has 0 saturated carbocycles. The Kier molecular flexibility index (Phi) is 6.96. The topological polar surface area (TPSA) is 104 Å². The van der Waals surface area contributed by atoms with Crippen LogP contribution in [0, 0.1) is 10.1 Å². The van der Waals surface area contributed by atoms with Crippen LogP contribution in [0.3, 0.4) is 0 Å². The van der Waals surface area contributed by atoms with Crippen molar-refractivity contribution in [2.24, 2.45) is 5.10 Å². The highest BCUT2D eigenvalue weighted by Crippen LogP contribution is 2.13. The van der Waals surface area contributed by atoms with Gasteiger partial charge in [-0.2, -0.15) is 5.10 Å². The molecule has 9 nitrogen and oxygen atoms in total. The lowest BCUT2D eigenvalue weighted by Crippen LogP contribution is -2.47. The Bertz CT molecular complexity index is 539. The number of carbonyl (C=O) groups excluding carboxylic acids is 1. The van der Waals surface area contributed by atoms with Gasteiger partial charge in [-0.3, -0.25) is 19.8 Å². The minimum absolute atomic E-state index is 0. The third-order valence-electron chi connectivity index (χ3n) is 3.14. The Hall–Kier alpha value is -1.97. The number of hydrogen-bond donors (Lipinski definition) is 1. The summed E-state index contributed by atoms with van der Waals surface area (Å²) in [6.45, 7) is 3.85. The monoisotopic (exact) mass is 331 g/mol. The van der Waals surface area contributed by atoms with Gasteiger partial charge in [-0.15, -0.1) is 12.4 Å². The quantitative estimate of drug-likeness (QED) is 0.473. The Balaban J connectivity index is 0.00000242. The van der Waals surface area contributed by atoms with Crippen LogP contribution in [-0.4, -0.2) is 66.6 Å². The zero-order valence-corrected chi connectivity index (χ0v) is 12.9. The van der Waals surface area contributed by atoms with E-state index in [9.17, 15) is 14.9 Å². The average Bonchev–Trinajstić information content (AvgIpc) is 2.90. The van der Waals surface area contributed by atoms with Gasteiger partial charge in [-0.1, -0.05) is 0 Å². The number of furan rings is 1. The van der Waals surface area contributed by atoms with Gasteiger partial charge in [0, 0.05) is 26.2 Å². The predicted octanol–water partition coefficient (Wildman–Crippen LogP) is 0.307. The van der Waals surface area contributed by atoms with Gasteiger partial charge in [-0.05, 0) is 13.1 Å². The van der Waals surface area contributed by atoms with Gasteiger partial charge >= 0.3 is 5.88 Å². The van der Waals surface area contributed by atoms with Gasteiger partial charge in [0.15, 0.2) is 5.76 Å². The summed E-state index contributed by atoms with van der Waals surface area (Å²) in [6.07, 6.45) is 1.23. The smallest absolute Gasteiger partial charge is 0.400 e. The van der Waals surface area contributed by atoms with Crippen LogP contribution in [0.15, 0.2) is 21.7 Å². The van der Waals surface area contributed by atoms with Crippen LogP contribution in [0.4, 0.5) is 5.88 Å². The molecule has 10 heteroatoms. The molecule has 0 radical (unpaired) electrons. The molecular weight excluding hydrogens is 314 g/mol. The first kappa shape index (κ1) is 18.1. The Morgan fingerprint density at radius 2 is 2.14 bits per heavy atom. The van der Waals surface area contributed by atoms with Crippen LogP contribution in [0.5, 0.6) is 0 Å². The van der Waals surface area contributed by atoms with Crippen molar-refractivity contribution in [1.29, 1.82) is 0 Å². The van der Waals surface area contributed by atoms with E-state index in [2.05, 4.69) is 15.4 Å². The van der Waals surface area contributed by atoms with E-state index in [0.717, 1.165) is 26.2 Å². The number of nitrogens with zero attached hydrogens (tertiary/aromatic N) is 4. The van der Waals surface area contributed by atoms with Crippen molar-refractivity contribution in [2.75, 3.05) is 39.8 Å². The van der Waals surface area contributed by atoms with Crippen molar-refractivity contribution in [3.8, 4) is 0 Å². The summed E-state index contributed by atoms with van der Waals surface area (Å²) >= 11 is 0. The number of likely N-dealkylation sites (N-methyl/N-ethyl adjacent to an activating group) is 1. The van der Waals surface area contributed by atoms with Gasteiger partial charge in [0.05, 0.1) is 18.8 Å². The number of hydrogen-bond acceptors (Lipinski definition) is 7. The standard InChI is InChI=1S/C12H17N5O4.ClH/c1-15-4-6-16(7-5-15)9-11(18)14-13-8-10-2-3-12(21-10)17(19)20;/h2-3,8H,4-7,9H2,1H3,(H,14,18);1H/b13-8+;. The molecular formula is C12H18ClN5O4. The van der Waals surface area contributed by atoms with Gasteiger partial charge in [-0.25, -0.2) is 5.43 Å². The van der Waals surface area contributed by atoms with Crippen molar-refractivity contribution < 1.29 is 14.1 Å². The second-order valence-electron chi connectivity index (χ2n) is 4.81. The number of nitro groups is 1. The Morgan fingerprint density at radius 1 is 1.45 bits per heavy atom. The fraction of sp³-hybridized carbons (Fsp3) is 0.500. The number of hydrazone groups is 1. The lowest BCUT2D eigenvalue weighted by molar-refractivity contribution is -0.402. The maximum atomic E-state index is 11.7. The Morgan fingerprint density at radius 3 is 2.73 bits per heavy atom. The van der Waals surface area contributed by atoms with Crippen LogP contribution < -0.4 is 5.43 Å². The SMILES string of the molecule is CN1CCN(CC(=O)N/N=C/c2ccc([N+](=O)[O-])o2)CC1.Cl. The molecule has 1 amide bonds. The van der Waals surface area contributed by atoms with Gasteiger partial charge in [0.1, 0.15) is 4.92 Å². The molecule has 2 heterocycles. The van der Waals surface area contributed by atoms with Crippen molar-refractivity contribution in [2.45, 2.75) is 0 Å². The summed E-state index contributed by atoms with van der Waals surface area (Å²) in [5.41, 5.74) is 2.37. The molecule has 1 fully saturated rings. The van der Waals surface area contributed by atoms with E-state index < -0.39 is 4.92 Å². The first-order chi connectivity index (χ1) is 10.0. The molecule has 1 aromatic heterocycles. The summed E-state index contributed by atoms with van der Waals surface area (Å²) < 4.78 is 4.87. The summed E-state index contributed by atoms with van der Waals surface area (Å²) in [4.78, 5) is 25.7. The van der Waals surface area contributed by atoms with E-state index in [1.54, 1.807) is 0 Å². The lowest BCUT2D eigenvalue weighted by Gasteiger charge is -2.31. The average molecular weight is 332 g/mol. The molecule has 0 unspecified atom stereocenters. The van der Waals surface area contributed by atoms with E-state index in [1.165, 1.54) is 18.3 Å². The van der Waals surface area contributed by atoms with Crippen molar-refractivity contribution in [3.05, 3.63) is 28.0 Å². The molecule has 0 spiro atoms. The van der Waals surface area contributed by atoms with E-state index in [0.29, 0.717) is 0 Å². The van der Waals surface area contributed by atoms with E-state index in [4.69, 9.17) is 4.42 Å². The zero-order valence-electron chi connectivity index (χ0n) is 12.1. The minimum atomic E-state index is -0.636. The Labute approximate surface area is 133 Å². The van der Waals surface area contributed by atoms with Crippen LogP contribution in [0.1, 0.15) is 5.76 Å². The molecule has 0 aromatic carbocycles. The predicted molar refractivity (Wildman–Crippen MR) is 82.3 cm³/mol. The number of piperazine rings is 1. The second kappa shape index (κ2) is 8.47. The maximum absolute atomic E-state index is 11.7. The molecule has 1 aromatic rings. The first-order valence-electron chi connectivity index (χ1n) is 6.51. The van der Waals surface area contributed by atoms with Crippen LogP contribution in [-0.2, 0) is 4.79 Å². The van der Waals surface area contributed by atoms with Crippen LogP contribution in [0.2, 0.25) is 0 Å². The number of rotatable bonds is 5. The fourth-order valence-corrected chi connectivity index (χ4v) is 1.92. The highest BCUT2D eigenvalue weighted by atomic mass is 35.5. The highest BCUT2D eigenvalue weighted by Gasteiger charge is 2.16. The summed E-state index contributed by atoms with van der Waals surface area (Å²) in [6, 6.07) is 2.64. The third kappa shape index (κ3) is 5.43. The maximum Gasteiger partial charge on any atom is 0.433 e. The highest BCUT2D eigenvalue weighted by molar-refractivity contribution is 5.85. The fourth-order valence-electron chi connectivity index (χ4n) is 1.92. The van der Waals surface area contributed by atoms with Gasteiger partial charge < -0.3 is 9.32 Å². The molecule has 0 atom stereocenters. The zero-order chi connectivity index (χ0) is 15.2. The second-order valence-corrected chi connectivity index (χ2v) is 4.81. The van der Waals surface area contributed by atoms with Crippen LogP contribution in [0.25, 0.3) is 0 Å². The van der Waals surface area contributed by atoms with E-state index in [-0.39, 0.29) is 36.5 Å². The summed E-state index contributed by atoms with van der Waals surface area (Å²) in [5.74, 6) is -0.376. The van der Waals surface area contributed by atoms with E-state index in [1.807, 2.05) is 11.9 Å². The molecule has 2 rings (SSSR count). The summed E-state index contributed by atoms with van der Waals surface area (Å²) in [5, 5.41) is 14.1. The van der Waals surface area contributed by atoms with Crippen molar-refractivity contribution >= 4 is 30.4 Å². The van der Waals surface area contributed by atoms with E-state index >= 15 is 0 Å². The molecule has 1 N–H and O–H groups in total.